The van der Waals surface area contributed by atoms with E-state index in [1.54, 1.807) is 0 Å². The molecule has 1 aromatic rings. The zero-order valence-electron chi connectivity index (χ0n) is 15.2. The van der Waals surface area contributed by atoms with Crippen molar-refractivity contribution in [3.8, 4) is 0 Å². The summed E-state index contributed by atoms with van der Waals surface area (Å²) in [6.07, 6.45) is 14.9. The van der Waals surface area contributed by atoms with Crippen molar-refractivity contribution in [1.29, 1.82) is 0 Å². The van der Waals surface area contributed by atoms with Gasteiger partial charge in [0.05, 0.1) is 0 Å². The van der Waals surface area contributed by atoms with Crippen molar-refractivity contribution in [2.24, 2.45) is 15.9 Å². The Morgan fingerprint density at radius 2 is 1.80 bits per heavy atom. The number of benzene rings is 1. The van der Waals surface area contributed by atoms with Crippen LogP contribution in [-0.4, -0.2) is 25.5 Å². The molecule has 0 heterocycles. The van der Waals surface area contributed by atoms with Crippen molar-refractivity contribution < 1.29 is 0 Å². The van der Waals surface area contributed by atoms with Crippen molar-refractivity contribution in [2.45, 2.75) is 19.8 Å². The summed E-state index contributed by atoms with van der Waals surface area (Å²) in [7, 11) is 3.71. The number of nitrogens with one attached hydrogen (secondary N) is 1. The average molecular weight is 331 g/mol. The van der Waals surface area contributed by atoms with Gasteiger partial charge in [-0.25, -0.2) is 0 Å². The molecule has 3 nitrogen and oxygen atoms in total. The summed E-state index contributed by atoms with van der Waals surface area (Å²) in [6.45, 7) is 2.10. The van der Waals surface area contributed by atoms with Crippen LogP contribution in [0.25, 0.3) is 0 Å². The summed E-state index contributed by atoms with van der Waals surface area (Å²) < 4.78 is 0. The Kier molecular flexibility index (Phi) is 5.44. The second-order valence-corrected chi connectivity index (χ2v) is 6.44. The van der Waals surface area contributed by atoms with Crippen LogP contribution in [0, 0.1) is 12.8 Å². The molecule has 1 atom stereocenters. The Balaban J connectivity index is 1.73. The van der Waals surface area contributed by atoms with Gasteiger partial charge in [-0.3, -0.25) is 9.98 Å². The van der Waals surface area contributed by atoms with E-state index in [-0.39, 0.29) is 0 Å². The molecule has 0 spiro atoms. The highest BCUT2D eigenvalue weighted by atomic mass is 14.9. The highest BCUT2D eigenvalue weighted by Crippen LogP contribution is 2.25. The van der Waals surface area contributed by atoms with E-state index in [1.807, 2.05) is 14.1 Å². The van der Waals surface area contributed by atoms with Crippen LogP contribution < -0.4 is 5.32 Å². The Bertz CT molecular complexity index is 802. The van der Waals surface area contributed by atoms with Gasteiger partial charge in [-0.2, -0.15) is 0 Å². The Hall–Kier alpha value is -2.68. The summed E-state index contributed by atoms with van der Waals surface area (Å²) in [5, 5.41) is 3.50. The number of rotatable bonds is 4. The van der Waals surface area contributed by atoms with E-state index < -0.39 is 0 Å². The Labute approximate surface area is 150 Å². The fourth-order valence-electron chi connectivity index (χ4n) is 3.09. The molecule has 1 aromatic carbocycles. The summed E-state index contributed by atoms with van der Waals surface area (Å²) in [5.41, 5.74) is 7.10. The topological polar surface area (TPSA) is 36.8 Å². The van der Waals surface area contributed by atoms with E-state index in [0.717, 1.165) is 35.6 Å². The number of allylic oxidation sites excluding steroid dienone is 7. The molecule has 0 aliphatic heterocycles. The molecule has 2 aliphatic carbocycles. The molecule has 0 bridgehead atoms. The minimum Gasteiger partial charge on any atom is -0.356 e. The van der Waals surface area contributed by atoms with Crippen molar-refractivity contribution in [2.75, 3.05) is 19.4 Å². The first-order chi connectivity index (χ1) is 12.2. The van der Waals surface area contributed by atoms with Gasteiger partial charge < -0.3 is 5.32 Å². The molecule has 0 radical (unpaired) electrons. The van der Waals surface area contributed by atoms with E-state index >= 15 is 0 Å². The number of hydrogen-bond donors (Lipinski definition) is 1. The summed E-state index contributed by atoms with van der Waals surface area (Å²) in [6, 6.07) is 8.47. The van der Waals surface area contributed by atoms with E-state index in [0.29, 0.717) is 5.92 Å². The van der Waals surface area contributed by atoms with Crippen LogP contribution in [0.5, 0.6) is 0 Å². The third-order valence-electron chi connectivity index (χ3n) is 4.60. The number of aryl methyl sites for hydroxylation is 1. The average Bonchev–Trinajstić information content (AvgIpc) is 2.64. The van der Waals surface area contributed by atoms with Gasteiger partial charge in [0.2, 0.25) is 0 Å². The number of hydrogen-bond acceptors (Lipinski definition) is 3. The fraction of sp³-hybridized carbons (Fsp3) is 0.273. The SMILES string of the molecule is CN=C1C=CC(CC2C=C(Nc3ccc(C)cc3)C=C/C2=N\C)=CC1. The molecule has 0 saturated heterocycles. The van der Waals surface area contributed by atoms with Crippen LogP contribution in [0.3, 0.4) is 0 Å². The fourth-order valence-corrected chi connectivity index (χ4v) is 3.09. The molecule has 1 N–H and O–H groups in total. The second kappa shape index (κ2) is 7.93. The first kappa shape index (κ1) is 17.2. The van der Waals surface area contributed by atoms with E-state index in [1.165, 1.54) is 11.1 Å². The monoisotopic (exact) mass is 331 g/mol. The van der Waals surface area contributed by atoms with Crippen molar-refractivity contribution in [3.05, 3.63) is 77.6 Å². The molecule has 3 heteroatoms. The third-order valence-corrected chi connectivity index (χ3v) is 4.60. The lowest BCUT2D eigenvalue weighted by atomic mass is 9.88. The van der Waals surface area contributed by atoms with E-state index in [9.17, 15) is 0 Å². The standard InChI is InChI=1S/C22H25N3/c1-16-4-8-20(9-5-16)25-21-12-13-22(24-3)18(15-21)14-17-6-10-19(23-2)11-7-17/h4-10,12-13,15,18,25H,11,14H2,1-3H3/b23-19?,24-22+. The van der Waals surface area contributed by atoms with Crippen molar-refractivity contribution in [1.82, 2.24) is 0 Å². The number of nitrogens with zero attached hydrogens (tertiary/aromatic N) is 2. The Morgan fingerprint density at radius 3 is 2.44 bits per heavy atom. The Morgan fingerprint density at radius 1 is 1.00 bits per heavy atom. The quantitative estimate of drug-likeness (QED) is 0.837. The first-order valence-corrected chi connectivity index (χ1v) is 8.71. The van der Waals surface area contributed by atoms with Gasteiger partial charge in [0.1, 0.15) is 0 Å². The maximum Gasteiger partial charge on any atom is 0.0418 e. The zero-order valence-corrected chi connectivity index (χ0v) is 15.2. The maximum absolute atomic E-state index is 4.46. The van der Waals surface area contributed by atoms with Gasteiger partial charge in [0, 0.05) is 49.2 Å². The highest BCUT2D eigenvalue weighted by Gasteiger charge is 2.17. The van der Waals surface area contributed by atoms with Crippen LogP contribution in [0.2, 0.25) is 0 Å². The summed E-state index contributed by atoms with van der Waals surface area (Å²) >= 11 is 0. The molecule has 2 aliphatic rings. The minimum atomic E-state index is 0.291. The lowest BCUT2D eigenvalue weighted by molar-refractivity contribution is 0.839. The molecule has 128 valence electrons. The van der Waals surface area contributed by atoms with Crippen LogP contribution >= 0.6 is 0 Å². The van der Waals surface area contributed by atoms with Gasteiger partial charge in [-0.05, 0) is 43.7 Å². The van der Waals surface area contributed by atoms with Crippen LogP contribution in [-0.2, 0) is 0 Å². The smallest absolute Gasteiger partial charge is 0.0418 e. The van der Waals surface area contributed by atoms with Gasteiger partial charge in [-0.15, -0.1) is 0 Å². The largest absolute Gasteiger partial charge is 0.356 e. The van der Waals surface area contributed by atoms with Crippen molar-refractivity contribution in [3.63, 3.8) is 0 Å². The van der Waals surface area contributed by atoms with Crippen LogP contribution in [0.15, 0.2) is 82.0 Å². The molecular weight excluding hydrogens is 306 g/mol. The molecule has 0 fully saturated rings. The van der Waals surface area contributed by atoms with E-state index in [2.05, 4.69) is 82.9 Å². The van der Waals surface area contributed by atoms with Crippen molar-refractivity contribution >= 4 is 17.1 Å². The molecule has 3 rings (SSSR count). The lowest BCUT2D eigenvalue weighted by Crippen LogP contribution is -2.17. The summed E-state index contributed by atoms with van der Waals surface area (Å²) in [4.78, 5) is 8.71. The normalized spacial score (nSPS) is 22.9. The molecule has 1 unspecified atom stereocenters. The maximum atomic E-state index is 4.46. The van der Waals surface area contributed by atoms with Crippen LogP contribution in [0.1, 0.15) is 18.4 Å². The van der Waals surface area contributed by atoms with Gasteiger partial charge in [-0.1, -0.05) is 41.5 Å². The molecular formula is C22H25N3. The molecule has 0 aromatic heterocycles. The predicted molar refractivity (Wildman–Crippen MR) is 109 cm³/mol. The minimum absolute atomic E-state index is 0.291. The van der Waals surface area contributed by atoms with E-state index in [4.69, 9.17) is 0 Å². The zero-order chi connectivity index (χ0) is 17.6. The molecule has 25 heavy (non-hydrogen) atoms. The molecule has 0 amide bonds. The number of aliphatic imine (C=N–C) groups is 2. The van der Waals surface area contributed by atoms with Crippen LogP contribution in [0.4, 0.5) is 5.69 Å². The van der Waals surface area contributed by atoms with Gasteiger partial charge >= 0.3 is 0 Å². The third kappa shape index (κ3) is 4.44. The number of anilines is 1. The van der Waals surface area contributed by atoms with Gasteiger partial charge in [0.25, 0.3) is 0 Å². The summed E-state index contributed by atoms with van der Waals surface area (Å²) in [5.74, 6) is 0.291. The predicted octanol–water partition coefficient (Wildman–Crippen LogP) is 4.89. The van der Waals surface area contributed by atoms with Gasteiger partial charge in [0.15, 0.2) is 0 Å². The lowest BCUT2D eigenvalue weighted by Gasteiger charge is -2.21. The molecule has 0 saturated carbocycles. The highest BCUT2D eigenvalue weighted by molar-refractivity contribution is 6.00. The first-order valence-electron chi connectivity index (χ1n) is 8.71. The second-order valence-electron chi connectivity index (χ2n) is 6.44.